The second kappa shape index (κ2) is 6.04. The molecule has 22 heavy (non-hydrogen) atoms. The van der Waals surface area contributed by atoms with E-state index in [1.54, 1.807) is 11.7 Å². The van der Waals surface area contributed by atoms with Crippen molar-refractivity contribution < 1.29 is 0 Å². The molecule has 1 aromatic carbocycles. The van der Waals surface area contributed by atoms with E-state index in [1.807, 2.05) is 11.1 Å². The van der Waals surface area contributed by atoms with Crippen molar-refractivity contribution >= 4 is 12.7 Å². The number of fused-ring (bicyclic) bond motifs is 2. The Kier molecular flexibility index (Phi) is 4.07. The highest BCUT2D eigenvalue weighted by molar-refractivity contribution is 7.83. The van der Waals surface area contributed by atoms with Crippen LogP contribution < -0.4 is 0 Å². The fourth-order valence-corrected chi connectivity index (χ4v) is 9.34. The molecule has 1 fully saturated rings. The molecule has 4 rings (SSSR count). The third-order valence-corrected chi connectivity index (χ3v) is 10.2. The highest BCUT2D eigenvalue weighted by atomic mass is 31.2. The monoisotopic (exact) mass is 312 g/mol. The molecule has 1 heteroatoms. The topological polar surface area (TPSA) is 0 Å². The van der Waals surface area contributed by atoms with Gasteiger partial charge in [0.15, 0.2) is 0 Å². The predicted molar refractivity (Wildman–Crippen MR) is 101 cm³/mol. The Morgan fingerprint density at radius 1 is 1.00 bits per heavy atom. The second-order valence-corrected chi connectivity index (χ2v) is 11.5. The van der Waals surface area contributed by atoms with Crippen molar-refractivity contribution in [3.05, 3.63) is 46.5 Å². The molecule has 0 saturated carbocycles. The lowest BCUT2D eigenvalue weighted by atomic mass is 9.91. The maximum absolute atomic E-state index is 2.81. The normalized spacial score (nSPS) is 29.0. The minimum Gasteiger partial charge on any atom is -0.0961 e. The highest BCUT2D eigenvalue weighted by Crippen LogP contribution is 2.75. The van der Waals surface area contributed by atoms with Crippen LogP contribution >= 0.6 is 6.89 Å². The van der Waals surface area contributed by atoms with Crippen molar-refractivity contribution in [3.63, 3.8) is 0 Å². The summed E-state index contributed by atoms with van der Waals surface area (Å²) in [7, 11) is 0. The first kappa shape index (κ1) is 14.8. The zero-order valence-electron chi connectivity index (χ0n) is 14.0. The van der Waals surface area contributed by atoms with E-state index in [0.717, 1.165) is 5.66 Å². The summed E-state index contributed by atoms with van der Waals surface area (Å²) < 4.78 is 0. The molecule has 1 saturated heterocycles. The van der Waals surface area contributed by atoms with Crippen LogP contribution in [0.2, 0.25) is 0 Å². The molecular weight excluding hydrogens is 283 g/mol. The first-order chi connectivity index (χ1) is 10.8. The van der Waals surface area contributed by atoms with Gasteiger partial charge in [-0.1, -0.05) is 55.9 Å². The molecule has 0 nitrogen and oxygen atoms in total. The molecule has 0 spiro atoms. The zero-order chi connectivity index (χ0) is 15.0. The number of unbranched alkanes of at least 4 members (excludes halogenated alkanes) is 1. The summed E-state index contributed by atoms with van der Waals surface area (Å²) in [5.74, 6) is 2.81. The number of hydrogen-bond donors (Lipinski definition) is 0. The average molecular weight is 312 g/mol. The molecule has 0 aromatic heterocycles. The summed E-state index contributed by atoms with van der Waals surface area (Å²) in [5, 5.41) is 0. The molecule has 0 bridgehead atoms. The van der Waals surface area contributed by atoms with Gasteiger partial charge in [-0.2, -0.15) is 0 Å². The number of benzene rings is 1. The third-order valence-electron chi connectivity index (χ3n) is 6.03. The van der Waals surface area contributed by atoms with Gasteiger partial charge >= 0.3 is 0 Å². The predicted octanol–water partition coefficient (Wildman–Crippen LogP) is 5.66. The van der Waals surface area contributed by atoms with Crippen molar-refractivity contribution in [3.8, 4) is 0 Å². The van der Waals surface area contributed by atoms with Crippen LogP contribution in [0, 0.1) is 0 Å². The van der Waals surface area contributed by atoms with Gasteiger partial charge in [0, 0.05) is 5.66 Å². The van der Waals surface area contributed by atoms with E-state index in [1.165, 1.54) is 63.1 Å². The van der Waals surface area contributed by atoms with Crippen LogP contribution in [0.4, 0.5) is 0 Å². The van der Waals surface area contributed by atoms with E-state index in [0.29, 0.717) is 0 Å². The van der Waals surface area contributed by atoms with E-state index < -0.39 is 6.89 Å². The molecule has 0 N–H and O–H groups in total. The van der Waals surface area contributed by atoms with Gasteiger partial charge in [-0.25, -0.2) is 0 Å². The van der Waals surface area contributed by atoms with Crippen LogP contribution in [0.1, 0.15) is 56.6 Å². The Morgan fingerprint density at radius 2 is 1.73 bits per heavy atom. The van der Waals surface area contributed by atoms with Crippen LogP contribution in [-0.2, 0) is 12.8 Å². The number of aryl methyl sites for hydroxylation is 2. The van der Waals surface area contributed by atoms with Crippen LogP contribution in [0.5, 0.6) is 0 Å². The number of hydrogen-bond acceptors (Lipinski definition) is 0. The van der Waals surface area contributed by atoms with E-state index in [-0.39, 0.29) is 0 Å². The quantitative estimate of drug-likeness (QED) is 0.595. The van der Waals surface area contributed by atoms with E-state index in [2.05, 4.69) is 37.0 Å². The summed E-state index contributed by atoms with van der Waals surface area (Å²) in [6.07, 6.45) is 14.0. The van der Waals surface area contributed by atoms with Crippen LogP contribution in [0.15, 0.2) is 35.4 Å². The van der Waals surface area contributed by atoms with Gasteiger partial charge in [-0.3, -0.25) is 0 Å². The van der Waals surface area contributed by atoms with Crippen molar-refractivity contribution in [1.82, 2.24) is 0 Å². The second-order valence-electron chi connectivity index (χ2n) is 7.58. The maximum atomic E-state index is 2.81. The smallest absolute Gasteiger partial charge is 0.00450 e. The Bertz CT molecular complexity index is 632. The van der Waals surface area contributed by atoms with Gasteiger partial charge in [0.05, 0.1) is 0 Å². The van der Waals surface area contributed by atoms with Crippen LogP contribution in [0.25, 0.3) is 0 Å². The summed E-state index contributed by atoms with van der Waals surface area (Å²) in [6, 6.07) is 9.52. The molecule has 2 unspecified atom stereocenters. The van der Waals surface area contributed by atoms with Gasteiger partial charge in [0.25, 0.3) is 0 Å². The molecule has 2 aliphatic heterocycles. The molecular formula is C21H29P. The lowest BCUT2D eigenvalue weighted by Crippen LogP contribution is -2.01. The average Bonchev–Trinajstić information content (AvgIpc) is 3.18. The largest absolute Gasteiger partial charge is 0.0961 e. The minimum atomic E-state index is -0.653. The van der Waals surface area contributed by atoms with Crippen LogP contribution in [0.3, 0.4) is 0 Å². The molecule has 118 valence electrons. The molecule has 0 radical (unpaired) electrons. The maximum Gasteiger partial charge on any atom is 0.00450 e. The summed E-state index contributed by atoms with van der Waals surface area (Å²) in [5.41, 5.74) is 7.87. The fourth-order valence-electron chi connectivity index (χ4n) is 4.53. The molecule has 1 aromatic rings. The molecule has 1 aliphatic carbocycles. The van der Waals surface area contributed by atoms with Gasteiger partial charge in [0.1, 0.15) is 0 Å². The van der Waals surface area contributed by atoms with Gasteiger partial charge in [0.2, 0.25) is 0 Å². The molecule has 3 aliphatic rings. The minimum absolute atomic E-state index is 0.653. The van der Waals surface area contributed by atoms with Gasteiger partial charge in [-0.15, -0.1) is 0 Å². The third kappa shape index (κ3) is 2.76. The molecule has 2 heterocycles. The van der Waals surface area contributed by atoms with Gasteiger partial charge < -0.3 is 0 Å². The first-order valence-electron chi connectivity index (χ1n) is 9.33. The Labute approximate surface area is 136 Å². The van der Waals surface area contributed by atoms with Crippen molar-refractivity contribution in [2.75, 3.05) is 12.3 Å². The van der Waals surface area contributed by atoms with Crippen molar-refractivity contribution in [1.29, 1.82) is 0 Å². The van der Waals surface area contributed by atoms with E-state index in [4.69, 9.17) is 0 Å². The summed E-state index contributed by atoms with van der Waals surface area (Å²) in [4.78, 5) is 0. The van der Waals surface area contributed by atoms with Crippen molar-refractivity contribution in [2.45, 2.75) is 63.9 Å². The van der Waals surface area contributed by atoms with E-state index >= 15 is 0 Å². The van der Waals surface area contributed by atoms with Gasteiger partial charge in [-0.05, 0) is 74.0 Å². The van der Waals surface area contributed by atoms with E-state index in [9.17, 15) is 0 Å². The summed E-state index contributed by atoms with van der Waals surface area (Å²) in [6.45, 7) is 1.62. The van der Waals surface area contributed by atoms with Crippen molar-refractivity contribution in [2.24, 2.45) is 0 Å². The Balaban J connectivity index is 1.36. The molecule has 0 amide bonds. The standard InChI is InChI=1S/C21H29P/c1-2-3-6-17-9-11-18(12-10-17)13-14-22-15-19-7-4-5-8-20(19)21(22)16-22/h9-12,15,21H,2-8,13-14,16H2,1H3. The highest BCUT2D eigenvalue weighted by Gasteiger charge is 2.50. The Morgan fingerprint density at radius 3 is 2.45 bits per heavy atom. The first-order valence-corrected chi connectivity index (χ1v) is 11.6. The number of rotatable bonds is 6. The molecule has 2 atom stereocenters. The lowest BCUT2D eigenvalue weighted by Gasteiger charge is -2.14. The Hall–Kier alpha value is -0.740. The SMILES string of the molecule is CCCCc1ccc(CCP23=CC4=C(CCCC4)C2C3)cc1. The zero-order valence-corrected chi connectivity index (χ0v) is 14.9. The fraction of sp³-hybridized carbons (Fsp3) is 0.571. The number of allylic oxidation sites excluding steroid dienone is 2. The van der Waals surface area contributed by atoms with Crippen LogP contribution in [-0.4, -0.2) is 23.8 Å². The summed E-state index contributed by atoms with van der Waals surface area (Å²) >= 11 is 0. The lowest BCUT2D eigenvalue weighted by molar-refractivity contribution is 0.684.